The third-order valence-electron chi connectivity index (χ3n) is 3.64. The summed E-state index contributed by atoms with van der Waals surface area (Å²) < 4.78 is 0. The van der Waals surface area contributed by atoms with Crippen LogP contribution in [-0.2, 0) is 10.5 Å². The Morgan fingerprint density at radius 2 is 1.78 bits per heavy atom. The molecule has 4 heteroatoms. The second-order valence-electron chi connectivity index (χ2n) is 5.56. The van der Waals surface area contributed by atoms with Crippen molar-refractivity contribution in [2.75, 3.05) is 5.75 Å². The Balaban J connectivity index is 1.80. The maximum Gasteiger partial charge on any atom is 0.230 e. The van der Waals surface area contributed by atoms with E-state index in [1.165, 1.54) is 11.1 Å². The number of rotatable bonds is 7. The van der Waals surface area contributed by atoms with Crippen molar-refractivity contribution in [2.45, 2.75) is 32.1 Å². The first kappa shape index (κ1) is 17.9. The zero-order chi connectivity index (χ0) is 16.7. The summed E-state index contributed by atoms with van der Waals surface area (Å²) in [6, 6.07) is 16.2. The Kier molecular flexibility index (Phi) is 7.00. The highest BCUT2D eigenvalue weighted by atomic mass is 35.5. The van der Waals surface area contributed by atoms with Gasteiger partial charge in [-0.3, -0.25) is 4.79 Å². The Labute approximate surface area is 147 Å². The first-order valence-corrected chi connectivity index (χ1v) is 9.30. The van der Waals surface area contributed by atoms with E-state index in [1.807, 2.05) is 24.3 Å². The summed E-state index contributed by atoms with van der Waals surface area (Å²) in [6.07, 6.45) is 0.886. The largest absolute Gasteiger partial charge is 0.349 e. The Morgan fingerprint density at radius 3 is 2.39 bits per heavy atom. The van der Waals surface area contributed by atoms with Crippen LogP contribution in [0.1, 0.15) is 36.1 Å². The highest BCUT2D eigenvalue weighted by Crippen LogP contribution is 2.19. The molecule has 1 N–H and O–H groups in total. The van der Waals surface area contributed by atoms with E-state index < -0.39 is 0 Å². The normalized spacial score (nSPS) is 12.0. The molecule has 0 radical (unpaired) electrons. The molecule has 0 heterocycles. The lowest BCUT2D eigenvalue weighted by molar-refractivity contribution is -0.119. The summed E-state index contributed by atoms with van der Waals surface area (Å²) in [5.74, 6) is 1.35. The molecule has 0 bridgehead atoms. The third-order valence-corrected chi connectivity index (χ3v) is 4.89. The second kappa shape index (κ2) is 8.99. The molecule has 0 saturated heterocycles. The van der Waals surface area contributed by atoms with E-state index in [-0.39, 0.29) is 11.9 Å². The van der Waals surface area contributed by atoms with E-state index in [0.29, 0.717) is 5.75 Å². The van der Waals surface area contributed by atoms with E-state index in [1.54, 1.807) is 11.8 Å². The van der Waals surface area contributed by atoms with E-state index in [9.17, 15) is 4.79 Å². The number of aryl methyl sites for hydroxylation is 1. The average Bonchev–Trinajstić information content (AvgIpc) is 2.55. The molecule has 2 rings (SSSR count). The van der Waals surface area contributed by atoms with Crippen molar-refractivity contribution in [3.8, 4) is 0 Å². The molecule has 0 aliphatic heterocycles. The Bertz CT molecular complexity index is 625. The van der Waals surface area contributed by atoms with Crippen LogP contribution in [-0.4, -0.2) is 11.7 Å². The number of thioether (sulfide) groups is 1. The van der Waals surface area contributed by atoms with Crippen LogP contribution in [0, 0.1) is 6.92 Å². The molecule has 1 unspecified atom stereocenters. The standard InChI is InChI=1S/C19H22ClNOS/c1-3-18(16-8-4-14(2)5-9-16)21-19(22)13-23-12-15-6-10-17(20)11-7-15/h4-11,18H,3,12-13H2,1-2H3,(H,21,22). The monoisotopic (exact) mass is 347 g/mol. The predicted octanol–water partition coefficient (Wildman–Crippen LogP) is 5.15. The van der Waals surface area contributed by atoms with Crippen LogP contribution in [0.25, 0.3) is 0 Å². The van der Waals surface area contributed by atoms with Crippen LogP contribution in [0.2, 0.25) is 5.02 Å². The van der Waals surface area contributed by atoms with Crippen molar-refractivity contribution >= 4 is 29.3 Å². The van der Waals surface area contributed by atoms with E-state index in [4.69, 9.17) is 11.6 Å². The third kappa shape index (κ3) is 5.92. The van der Waals surface area contributed by atoms with Gasteiger partial charge in [0.2, 0.25) is 5.91 Å². The van der Waals surface area contributed by atoms with Gasteiger partial charge in [-0.25, -0.2) is 0 Å². The van der Waals surface area contributed by atoms with Gasteiger partial charge in [-0.15, -0.1) is 11.8 Å². The number of carbonyl (C=O) groups excluding carboxylic acids is 1. The molecule has 2 aromatic carbocycles. The number of amides is 1. The summed E-state index contributed by atoms with van der Waals surface area (Å²) in [5.41, 5.74) is 3.57. The number of halogens is 1. The summed E-state index contributed by atoms with van der Waals surface area (Å²) in [6.45, 7) is 4.16. The SMILES string of the molecule is CCC(NC(=O)CSCc1ccc(Cl)cc1)c1ccc(C)cc1. The second-order valence-corrected chi connectivity index (χ2v) is 6.98. The van der Waals surface area contributed by atoms with E-state index in [2.05, 4.69) is 43.4 Å². The molecule has 2 nitrogen and oxygen atoms in total. The van der Waals surface area contributed by atoms with Crippen molar-refractivity contribution in [2.24, 2.45) is 0 Å². The van der Waals surface area contributed by atoms with Crippen molar-refractivity contribution in [1.82, 2.24) is 5.32 Å². The van der Waals surface area contributed by atoms with Gasteiger partial charge in [0.05, 0.1) is 11.8 Å². The van der Waals surface area contributed by atoms with Gasteiger partial charge in [0.25, 0.3) is 0 Å². The number of carbonyl (C=O) groups is 1. The zero-order valence-corrected chi connectivity index (χ0v) is 15.1. The molecule has 0 aromatic heterocycles. The summed E-state index contributed by atoms with van der Waals surface area (Å²) in [5, 5.41) is 3.85. The fourth-order valence-electron chi connectivity index (χ4n) is 2.30. The lowest BCUT2D eigenvalue weighted by Gasteiger charge is -2.17. The quantitative estimate of drug-likeness (QED) is 0.750. The van der Waals surface area contributed by atoms with E-state index in [0.717, 1.165) is 22.8 Å². The average molecular weight is 348 g/mol. The molecule has 1 amide bonds. The molecular formula is C19H22ClNOS. The highest BCUT2D eigenvalue weighted by molar-refractivity contribution is 7.99. The summed E-state index contributed by atoms with van der Waals surface area (Å²) in [4.78, 5) is 12.1. The Morgan fingerprint density at radius 1 is 1.13 bits per heavy atom. The molecule has 0 aliphatic carbocycles. The fraction of sp³-hybridized carbons (Fsp3) is 0.316. The molecule has 2 aromatic rings. The molecule has 0 spiro atoms. The zero-order valence-electron chi connectivity index (χ0n) is 13.5. The number of hydrogen-bond donors (Lipinski definition) is 1. The van der Waals surface area contributed by atoms with E-state index >= 15 is 0 Å². The van der Waals surface area contributed by atoms with Crippen LogP contribution in [0.5, 0.6) is 0 Å². The van der Waals surface area contributed by atoms with Crippen molar-refractivity contribution in [3.63, 3.8) is 0 Å². The Hall–Kier alpha value is -1.45. The van der Waals surface area contributed by atoms with Crippen LogP contribution < -0.4 is 5.32 Å². The van der Waals surface area contributed by atoms with Crippen molar-refractivity contribution < 1.29 is 4.79 Å². The van der Waals surface area contributed by atoms with Gasteiger partial charge in [-0.05, 0) is 36.6 Å². The number of nitrogens with one attached hydrogen (secondary N) is 1. The predicted molar refractivity (Wildman–Crippen MR) is 100.0 cm³/mol. The topological polar surface area (TPSA) is 29.1 Å². The lowest BCUT2D eigenvalue weighted by atomic mass is 10.0. The molecule has 0 aliphatic rings. The van der Waals surface area contributed by atoms with Gasteiger partial charge in [-0.1, -0.05) is 60.5 Å². The highest BCUT2D eigenvalue weighted by Gasteiger charge is 2.12. The van der Waals surface area contributed by atoms with Crippen LogP contribution >= 0.6 is 23.4 Å². The van der Waals surface area contributed by atoms with Gasteiger partial charge < -0.3 is 5.32 Å². The van der Waals surface area contributed by atoms with Crippen molar-refractivity contribution in [3.05, 3.63) is 70.2 Å². The summed E-state index contributed by atoms with van der Waals surface area (Å²) in [7, 11) is 0. The molecule has 122 valence electrons. The lowest BCUT2D eigenvalue weighted by Crippen LogP contribution is -2.29. The van der Waals surface area contributed by atoms with Crippen LogP contribution in [0.4, 0.5) is 0 Å². The number of benzene rings is 2. The van der Waals surface area contributed by atoms with Crippen molar-refractivity contribution in [1.29, 1.82) is 0 Å². The van der Waals surface area contributed by atoms with Gasteiger partial charge in [0.1, 0.15) is 0 Å². The summed E-state index contributed by atoms with van der Waals surface area (Å²) >= 11 is 7.48. The number of hydrogen-bond acceptors (Lipinski definition) is 2. The minimum atomic E-state index is 0.0800. The first-order valence-electron chi connectivity index (χ1n) is 7.76. The smallest absolute Gasteiger partial charge is 0.230 e. The molecule has 1 atom stereocenters. The van der Waals surface area contributed by atoms with Crippen LogP contribution in [0.3, 0.4) is 0 Å². The van der Waals surface area contributed by atoms with Gasteiger partial charge in [-0.2, -0.15) is 0 Å². The minimum Gasteiger partial charge on any atom is -0.349 e. The maximum atomic E-state index is 12.1. The molecule has 0 saturated carbocycles. The minimum absolute atomic E-state index is 0.0800. The fourth-order valence-corrected chi connectivity index (χ4v) is 3.22. The first-order chi connectivity index (χ1) is 11.1. The molecule has 23 heavy (non-hydrogen) atoms. The van der Waals surface area contributed by atoms with Crippen LogP contribution in [0.15, 0.2) is 48.5 Å². The van der Waals surface area contributed by atoms with Gasteiger partial charge in [0, 0.05) is 10.8 Å². The molecule has 0 fully saturated rings. The maximum absolute atomic E-state index is 12.1. The molecular weight excluding hydrogens is 326 g/mol. The van der Waals surface area contributed by atoms with Gasteiger partial charge in [0.15, 0.2) is 0 Å². The van der Waals surface area contributed by atoms with Gasteiger partial charge >= 0.3 is 0 Å².